The molecule has 1 aliphatic heterocycles. The number of carbonyl (C=O) groups excluding carboxylic acids is 1. The van der Waals surface area contributed by atoms with E-state index in [1.54, 1.807) is 5.01 Å². The van der Waals surface area contributed by atoms with Crippen LogP contribution < -0.4 is 0 Å². The van der Waals surface area contributed by atoms with Crippen molar-refractivity contribution in [3.63, 3.8) is 0 Å². The summed E-state index contributed by atoms with van der Waals surface area (Å²) in [5.41, 5.74) is 3.35. The molecule has 0 radical (unpaired) electrons. The summed E-state index contributed by atoms with van der Waals surface area (Å²) in [6.07, 6.45) is 2.07. The molecule has 0 bridgehead atoms. The molecule has 1 amide bonds. The first-order valence-corrected chi connectivity index (χ1v) is 7.69. The Kier molecular flexibility index (Phi) is 4.33. The largest absolute Gasteiger partial charge is 0.273 e. The van der Waals surface area contributed by atoms with Crippen molar-refractivity contribution >= 4 is 11.6 Å². The van der Waals surface area contributed by atoms with Crippen molar-refractivity contribution in [2.45, 2.75) is 32.2 Å². The molecule has 0 N–H and O–H groups in total. The van der Waals surface area contributed by atoms with Gasteiger partial charge in [-0.25, -0.2) is 5.01 Å². The average molecular weight is 292 g/mol. The Labute approximate surface area is 131 Å². The van der Waals surface area contributed by atoms with E-state index in [1.165, 1.54) is 5.56 Å². The van der Waals surface area contributed by atoms with Crippen molar-refractivity contribution in [2.75, 3.05) is 0 Å². The first kappa shape index (κ1) is 14.5. The molecule has 0 unspecified atom stereocenters. The molecule has 3 heteroatoms. The van der Waals surface area contributed by atoms with Crippen molar-refractivity contribution in [3.05, 3.63) is 71.8 Å². The van der Waals surface area contributed by atoms with E-state index >= 15 is 0 Å². The lowest BCUT2D eigenvalue weighted by molar-refractivity contribution is -0.133. The number of carbonyl (C=O) groups is 1. The zero-order valence-electron chi connectivity index (χ0n) is 12.8. The number of rotatable bonds is 4. The van der Waals surface area contributed by atoms with Crippen LogP contribution in [-0.4, -0.2) is 16.6 Å². The molecule has 2 aromatic rings. The third-order valence-corrected chi connectivity index (χ3v) is 3.97. The number of hydrazone groups is 1. The number of benzene rings is 2. The average Bonchev–Trinajstić information content (AvgIpc) is 2.96. The Balaban J connectivity index is 1.70. The van der Waals surface area contributed by atoms with Gasteiger partial charge in [0, 0.05) is 18.6 Å². The summed E-state index contributed by atoms with van der Waals surface area (Å²) in [5, 5.41) is 6.13. The van der Waals surface area contributed by atoms with Gasteiger partial charge in [0.1, 0.15) is 0 Å². The highest BCUT2D eigenvalue weighted by atomic mass is 16.2. The van der Waals surface area contributed by atoms with E-state index in [0.29, 0.717) is 6.42 Å². The highest BCUT2D eigenvalue weighted by Gasteiger charge is 2.30. The summed E-state index contributed by atoms with van der Waals surface area (Å²) in [6, 6.07) is 20.3. The van der Waals surface area contributed by atoms with Crippen LogP contribution >= 0.6 is 0 Å². The molecule has 2 aromatic carbocycles. The first-order valence-electron chi connectivity index (χ1n) is 7.69. The standard InChI is InChI=1S/C19H20N2O/c1-15-14-18(17-10-6-3-7-11-17)21(20-15)19(22)13-12-16-8-4-2-5-9-16/h2-11,18H,12-14H2,1H3/t18-/m0/s1. The van der Waals surface area contributed by atoms with E-state index in [9.17, 15) is 4.79 Å². The molecule has 0 saturated heterocycles. The fraction of sp³-hybridized carbons (Fsp3) is 0.263. The smallest absolute Gasteiger partial charge is 0.243 e. The van der Waals surface area contributed by atoms with Gasteiger partial charge >= 0.3 is 0 Å². The van der Waals surface area contributed by atoms with Crippen molar-refractivity contribution in [3.8, 4) is 0 Å². The first-order chi connectivity index (χ1) is 10.7. The van der Waals surface area contributed by atoms with E-state index in [-0.39, 0.29) is 11.9 Å². The molecule has 0 aromatic heterocycles. The molecule has 3 rings (SSSR count). The second-order valence-corrected chi connectivity index (χ2v) is 5.69. The minimum Gasteiger partial charge on any atom is -0.273 e. The third-order valence-electron chi connectivity index (χ3n) is 3.97. The van der Waals surface area contributed by atoms with Gasteiger partial charge in [-0.2, -0.15) is 5.10 Å². The van der Waals surface area contributed by atoms with Crippen LogP contribution in [0.4, 0.5) is 0 Å². The number of hydrogen-bond donors (Lipinski definition) is 0. The zero-order chi connectivity index (χ0) is 15.4. The predicted molar refractivity (Wildman–Crippen MR) is 88.5 cm³/mol. The SMILES string of the molecule is CC1=NN(C(=O)CCc2ccccc2)[C@H](c2ccccc2)C1. The lowest BCUT2D eigenvalue weighted by atomic mass is 10.0. The van der Waals surface area contributed by atoms with Crippen LogP contribution in [0.1, 0.15) is 36.9 Å². The minimum atomic E-state index is 0.0458. The van der Waals surface area contributed by atoms with Crippen LogP contribution in [0.25, 0.3) is 0 Å². The molecule has 0 aliphatic carbocycles. The Morgan fingerprint density at radius 3 is 2.41 bits per heavy atom. The van der Waals surface area contributed by atoms with Crippen molar-refractivity contribution < 1.29 is 4.79 Å². The Morgan fingerprint density at radius 2 is 1.73 bits per heavy atom. The van der Waals surface area contributed by atoms with Gasteiger partial charge in [0.2, 0.25) is 5.91 Å². The summed E-state index contributed by atoms with van der Waals surface area (Å²) in [6.45, 7) is 1.99. The normalized spacial score (nSPS) is 17.4. The van der Waals surface area contributed by atoms with Gasteiger partial charge in [-0.05, 0) is 24.5 Å². The summed E-state index contributed by atoms with van der Waals surface area (Å²) in [7, 11) is 0. The molecule has 0 spiro atoms. The lowest BCUT2D eigenvalue weighted by Crippen LogP contribution is -2.27. The molecule has 1 atom stereocenters. The maximum atomic E-state index is 12.6. The molecule has 112 valence electrons. The van der Waals surface area contributed by atoms with Gasteiger partial charge in [-0.15, -0.1) is 0 Å². The van der Waals surface area contributed by atoms with E-state index in [2.05, 4.69) is 29.4 Å². The molecule has 3 nitrogen and oxygen atoms in total. The van der Waals surface area contributed by atoms with Crippen LogP contribution in [0.3, 0.4) is 0 Å². The fourth-order valence-electron chi connectivity index (χ4n) is 2.84. The van der Waals surface area contributed by atoms with Crippen LogP contribution in [-0.2, 0) is 11.2 Å². The molecule has 0 fully saturated rings. The molecular formula is C19H20N2O. The summed E-state index contributed by atoms with van der Waals surface area (Å²) in [4.78, 5) is 12.6. The monoisotopic (exact) mass is 292 g/mol. The van der Waals surface area contributed by atoms with Gasteiger partial charge in [-0.1, -0.05) is 60.7 Å². The van der Waals surface area contributed by atoms with Gasteiger partial charge in [-0.3, -0.25) is 4.79 Å². The second-order valence-electron chi connectivity index (χ2n) is 5.69. The fourth-order valence-corrected chi connectivity index (χ4v) is 2.84. The molecule has 0 saturated carbocycles. The summed E-state index contributed by atoms with van der Waals surface area (Å²) in [5.74, 6) is 0.0922. The Hall–Kier alpha value is -2.42. The number of aryl methyl sites for hydroxylation is 1. The number of nitrogens with zero attached hydrogens (tertiary/aromatic N) is 2. The highest BCUT2D eigenvalue weighted by Crippen LogP contribution is 2.31. The summed E-state index contributed by atoms with van der Waals surface area (Å²) < 4.78 is 0. The molecule has 1 heterocycles. The van der Waals surface area contributed by atoms with Gasteiger partial charge < -0.3 is 0 Å². The number of hydrogen-bond acceptors (Lipinski definition) is 2. The lowest BCUT2D eigenvalue weighted by Gasteiger charge is -2.22. The maximum absolute atomic E-state index is 12.6. The minimum absolute atomic E-state index is 0.0458. The van der Waals surface area contributed by atoms with Crippen molar-refractivity contribution in [2.24, 2.45) is 5.10 Å². The zero-order valence-corrected chi connectivity index (χ0v) is 12.8. The van der Waals surface area contributed by atoms with Gasteiger partial charge in [0.25, 0.3) is 0 Å². The van der Waals surface area contributed by atoms with Crippen molar-refractivity contribution in [1.29, 1.82) is 0 Å². The van der Waals surface area contributed by atoms with Gasteiger partial charge in [0.05, 0.1) is 6.04 Å². The molecule has 22 heavy (non-hydrogen) atoms. The number of amides is 1. The van der Waals surface area contributed by atoms with Crippen LogP contribution in [0, 0.1) is 0 Å². The van der Waals surface area contributed by atoms with E-state index in [0.717, 1.165) is 24.1 Å². The van der Waals surface area contributed by atoms with E-state index in [1.807, 2.05) is 43.3 Å². The van der Waals surface area contributed by atoms with Gasteiger partial charge in [0.15, 0.2) is 0 Å². The Bertz CT molecular complexity index is 664. The Morgan fingerprint density at radius 1 is 1.09 bits per heavy atom. The van der Waals surface area contributed by atoms with Crippen LogP contribution in [0.15, 0.2) is 65.8 Å². The van der Waals surface area contributed by atoms with Crippen LogP contribution in [0.5, 0.6) is 0 Å². The third kappa shape index (κ3) is 3.25. The van der Waals surface area contributed by atoms with E-state index < -0.39 is 0 Å². The molecule has 1 aliphatic rings. The quantitative estimate of drug-likeness (QED) is 0.839. The van der Waals surface area contributed by atoms with Crippen LogP contribution in [0.2, 0.25) is 0 Å². The highest BCUT2D eigenvalue weighted by molar-refractivity contribution is 5.88. The second kappa shape index (κ2) is 6.56. The summed E-state index contributed by atoms with van der Waals surface area (Å²) >= 11 is 0. The predicted octanol–water partition coefficient (Wildman–Crippen LogP) is 3.97. The van der Waals surface area contributed by atoms with Crippen molar-refractivity contribution in [1.82, 2.24) is 5.01 Å². The molecular weight excluding hydrogens is 272 g/mol. The topological polar surface area (TPSA) is 32.7 Å². The maximum Gasteiger partial charge on any atom is 0.243 e. The van der Waals surface area contributed by atoms with E-state index in [4.69, 9.17) is 0 Å².